The molecule has 6 rings (SSSR count). The van der Waals surface area contributed by atoms with Crippen molar-refractivity contribution >= 4 is 28.6 Å². The summed E-state index contributed by atoms with van der Waals surface area (Å²) in [5.74, 6) is -0.0743. The van der Waals surface area contributed by atoms with E-state index < -0.39 is 23.4 Å². The minimum Gasteiger partial charge on any atom is -0.444 e. The molecule has 0 saturated heterocycles. The Bertz CT molecular complexity index is 1710. The Morgan fingerprint density at radius 1 is 0.952 bits per heavy atom. The highest BCUT2D eigenvalue weighted by molar-refractivity contribution is 6.03. The van der Waals surface area contributed by atoms with E-state index in [1.54, 1.807) is 32.9 Å². The van der Waals surface area contributed by atoms with Crippen LogP contribution in [0, 0.1) is 0 Å². The van der Waals surface area contributed by atoms with Gasteiger partial charge in [0.1, 0.15) is 11.4 Å². The molecule has 1 saturated carbocycles. The molecule has 2 amide bonds. The molecule has 2 N–H and O–H groups in total. The van der Waals surface area contributed by atoms with Gasteiger partial charge in [-0.2, -0.15) is 0 Å². The normalized spacial score (nSPS) is 16.1. The van der Waals surface area contributed by atoms with Crippen molar-refractivity contribution < 1.29 is 32.6 Å². The molecule has 0 spiro atoms. The molecule has 1 fully saturated rings. The van der Waals surface area contributed by atoms with E-state index in [-0.39, 0.29) is 24.0 Å². The van der Waals surface area contributed by atoms with E-state index in [1.807, 2.05) is 48.5 Å². The number of alkyl halides is 2. The lowest BCUT2D eigenvalue weighted by Gasteiger charge is -2.19. The molecule has 0 unspecified atom stereocenters. The molecule has 0 atom stereocenters. The Kier molecular flexibility index (Phi) is 6.51. The Morgan fingerprint density at radius 3 is 2.48 bits per heavy atom. The molecule has 2 aliphatic rings. The zero-order valence-corrected chi connectivity index (χ0v) is 23.3. The van der Waals surface area contributed by atoms with Crippen LogP contribution < -0.4 is 20.1 Å². The summed E-state index contributed by atoms with van der Waals surface area (Å²) in [7, 11) is 0. The standard InChI is InChI=1S/C32H29F2N3O5/c1-30(2,3)42-29(39)35-18-19-7-6-9-21(15-19)27-23-10-5-4-8-20(23)16-26(36-27)37-28(38)31(13-14-31)22-11-12-24-25(17-22)41-32(33,34)40-24/h4-12,15-17H,13-14,18H2,1-3H3,(H,35,39)(H,36,37,38). The molecule has 42 heavy (non-hydrogen) atoms. The van der Waals surface area contributed by atoms with Crippen molar-refractivity contribution in [1.29, 1.82) is 0 Å². The Hall–Kier alpha value is -4.73. The third-order valence-electron chi connectivity index (χ3n) is 7.16. The monoisotopic (exact) mass is 573 g/mol. The van der Waals surface area contributed by atoms with E-state index in [0.717, 1.165) is 21.9 Å². The van der Waals surface area contributed by atoms with Gasteiger partial charge in [-0.3, -0.25) is 4.79 Å². The van der Waals surface area contributed by atoms with Crippen LogP contribution in [0.2, 0.25) is 0 Å². The summed E-state index contributed by atoms with van der Waals surface area (Å²) in [6.45, 7) is 5.67. The van der Waals surface area contributed by atoms with Crippen LogP contribution in [0.5, 0.6) is 11.5 Å². The fourth-order valence-electron chi connectivity index (χ4n) is 5.05. The molecular weight excluding hydrogens is 544 g/mol. The third kappa shape index (κ3) is 5.57. The SMILES string of the molecule is CC(C)(C)OC(=O)NCc1cccc(-c2nc(NC(=O)C3(c4ccc5c(c4)OC(F)(F)O5)CC3)cc3ccccc23)c1. The van der Waals surface area contributed by atoms with Gasteiger partial charge in [-0.25, -0.2) is 9.78 Å². The van der Waals surface area contributed by atoms with E-state index in [4.69, 9.17) is 9.72 Å². The number of ether oxygens (including phenoxy) is 3. The molecule has 1 aliphatic heterocycles. The number of alkyl carbamates (subject to hydrolysis) is 1. The number of pyridine rings is 1. The summed E-state index contributed by atoms with van der Waals surface area (Å²) < 4.78 is 41.5. The zero-order chi connectivity index (χ0) is 29.7. The van der Waals surface area contributed by atoms with Crippen molar-refractivity contribution in [1.82, 2.24) is 10.3 Å². The number of hydrogen-bond donors (Lipinski definition) is 2. The molecule has 8 nitrogen and oxygen atoms in total. The van der Waals surface area contributed by atoms with Crippen molar-refractivity contribution in [3.63, 3.8) is 0 Å². The quantitative estimate of drug-likeness (QED) is 0.260. The molecule has 0 bridgehead atoms. The smallest absolute Gasteiger partial charge is 0.444 e. The second kappa shape index (κ2) is 9.97. The third-order valence-corrected chi connectivity index (χ3v) is 7.16. The summed E-state index contributed by atoms with van der Waals surface area (Å²) in [5, 5.41) is 7.51. The highest BCUT2D eigenvalue weighted by atomic mass is 19.3. The van der Waals surface area contributed by atoms with E-state index >= 15 is 0 Å². The van der Waals surface area contributed by atoms with Crippen LogP contribution in [0.25, 0.3) is 22.0 Å². The molecular formula is C32H29F2N3O5. The Morgan fingerprint density at radius 2 is 1.71 bits per heavy atom. The molecule has 216 valence electrons. The number of nitrogens with zero attached hydrogens (tertiary/aromatic N) is 1. The van der Waals surface area contributed by atoms with Gasteiger partial charge in [-0.15, -0.1) is 8.78 Å². The van der Waals surface area contributed by atoms with E-state index in [0.29, 0.717) is 29.9 Å². The average Bonchev–Trinajstić information content (AvgIpc) is 3.68. The maximum atomic E-state index is 13.6. The topological polar surface area (TPSA) is 98.8 Å². The lowest BCUT2D eigenvalue weighted by Crippen LogP contribution is -2.32. The van der Waals surface area contributed by atoms with Crippen molar-refractivity contribution in [3.8, 4) is 22.8 Å². The number of rotatable bonds is 6. The molecule has 1 aromatic heterocycles. The fourth-order valence-corrected chi connectivity index (χ4v) is 5.05. The number of amides is 2. The number of aromatic nitrogens is 1. The number of carbonyl (C=O) groups excluding carboxylic acids is 2. The van der Waals surface area contributed by atoms with E-state index in [2.05, 4.69) is 20.1 Å². The predicted molar refractivity (Wildman–Crippen MR) is 152 cm³/mol. The number of benzene rings is 3. The van der Waals surface area contributed by atoms with Crippen LogP contribution in [-0.2, 0) is 21.5 Å². The van der Waals surface area contributed by atoms with Crippen LogP contribution in [0.3, 0.4) is 0 Å². The van der Waals surface area contributed by atoms with Gasteiger partial charge in [-0.1, -0.05) is 48.5 Å². The van der Waals surface area contributed by atoms with Crippen LogP contribution in [0.4, 0.5) is 19.4 Å². The van der Waals surface area contributed by atoms with Crippen molar-refractivity contribution in [2.75, 3.05) is 5.32 Å². The first kappa shape index (κ1) is 27.4. The molecule has 2 heterocycles. The fraction of sp³-hybridized carbons (Fsp3) is 0.281. The van der Waals surface area contributed by atoms with Gasteiger partial charge in [0, 0.05) is 17.5 Å². The molecule has 10 heteroatoms. The Balaban J connectivity index is 1.26. The molecule has 4 aromatic rings. The van der Waals surface area contributed by atoms with Crippen LogP contribution in [-0.4, -0.2) is 28.9 Å². The van der Waals surface area contributed by atoms with Gasteiger partial charge in [0.15, 0.2) is 11.5 Å². The van der Waals surface area contributed by atoms with Gasteiger partial charge in [-0.05, 0) is 74.4 Å². The lowest BCUT2D eigenvalue weighted by atomic mass is 9.94. The van der Waals surface area contributed by atoms with Gasteiger partial charge in [0.05, 0.1) is 11.1 Å². The van der Waals surface area contributed by atoms with Crippen LogP contribution in [0.15, 0.2) is 72.8 Å². The van der Waals surface area contributed by atoms with Gasteiger partial charge in [0.25, 0.3) is 0 Å². The van der Waals surface area contributed by atoms with Crippen molar-refractivity contribution in [3.05, 3.63) is 83.9 Å². The number of anilines is 1. The first-order valence-corrected chi connectivity index (χ1v) is 13.6. The minimum atomic E-state index is -3.73. The van der Waals surface area contributed by atoms with Gasteiger partial charge < -0.3 is 24.8 Å². The number of hydrogen-bond acceptors (Lipinski definition) is 6. The van der Waals surface area contributed by atoms with Crippen molar-refractivity contribution in [2.45, 2.75) is 57.5 Å². The molecule has 3 aromatic carbocycles. The first-order valence-electron chi connectivity index (χ1n) is 13.6. The van der Waals surface area contributed by atoms with Gasteiger partial charge >= 0.3 is 12.4 Å². The predicted octanol–water partition coefficient (Wildman–Crippen LogP) is 6.92. The zero-order valence-electron chi connectivity index (χ0n) is 23.3. The second-order valence-electron chi connectivity index (χ2n) is 11.5. The average molecular weight is 574 g/mol. The van der Waals surface area contributed by atoms with Crippen LogP contribution >= 0.6 is 0 Å². The molecule has 1 aliphatic carbocycles. The second-order valence-corrected chi connectivity index (χ2v) is 11.5. The highest BCUT2D eigenvalue weighted by Crippen LogP contribution is 2.52. The number of nitrogens with one attached hydrogen (secondary N) is 2. The number of carbonyl (C=O) groups is 2. The maximum absolute atomic E-state index is 13.6. The highest BCUT2D eigenvalue weighted by Gasteiger charge is 2.53. The number of fused-ring (bicyclic) bond motifs is 2. The lowest BCUT2D eigenvalue weighted by molar-refractivity contribution is -0.286. The van der Waals surface area contributed by atoms with E-state index in [1.165, 1.54) is 12.1 Å². The summed E-state index contributed by atoms with van der Waals surface area (Å²) in [6, 6.07) is 21.6. The van der Waals surface area contributed by atoms with Crippen molar-refractivity contribution in [2.24, 2.45) is 0 Å². The summed E-state index contributed by atoms with van der Waals surface area (Å²) in [6.07, 6.45) is -3.12. The minimum absolute atomic E-state index is 0.0654. The van der Waals surface area contributed by atoms with Gasteiger partial charge in [0.2, 0.25) is 5.91 Å². The first-order chi connectivity index (χ1) is 19.9. The summed E-state index contributed by atoms with van der Waals surface area (Å²) >= 11 is 0. The largest absolute Gasteiger partial charge is 0.586 e. The summed E-state index contributed by atoms with van der Waals surface area (Å²) in [5.41, 5.74) is 1.42. The number of halogens is 2. The Labute approximate surface area is 241 Å². The summed E-state index contributed by atoms with van der Waals surface area (Å²) in [4.78, 5) is 30.6. The maximum Gasteiger partial charge on any atom is 0.586 e. The van der Waals surface area contributed by atoms with E-state index in [9.17, 15) is 18.4 Å². The van der Waals surface area contributed by atoms with Crippen LogP contribution in [0.1, 0.15) is 44.7 Å². The molecule has 0 radical (unpaired) electrons.